The molecule has 14 rings (SSSR count). The van der Waals surface area contributed by atoms with Gasteiger partial charge in [-0.15, -0.1) is 0 Å². The molecule has 0 atom stereocenters. The van der Waals surface area contributed by atoms with Gasteiger partial charge >= 0.3 is 11.9 Å². The van der Waals surface area contributed by atoms with Crippen molar-refractivity contribution < 1.29 is 38.0 Å². The van der Waals surface area contributed by atoms with Gasteiger partial charge in [0.25, 0.3) is 0 Å². The molecule has 8 nitrogen and oxygen atoms in total. The second kappa shape index (κ2) is 17.3. The molecule has 8 fully saturated rings. The number of fused-ring (bicyclic) bond motifs is 3. The van der Waals surface area contributed by atoms with Crippen LogP contribution in [-0.2, 0) is 32.3 Å². The van der Waals surface area contributed by atoms with Gasteiger partial charge in [0.15, 0.2) is 13.2 Å². The summed E-state index contributed by atoms with van der Waals surface area (Å²) in [4.78, 5) is 30.0. The van der Waals surface area contributed by atoms with Crippen LogP contribution in [0.25, 0.3) is 11.1 Å². The minimum absolute atomic E-state index is 0.0870. The number of hydrogen-bond acceptors (Lipinski definition) is 8. The average Bonchev–Trinajstić information content (AvgIpc) is 3.66. The molecule has 0 radical (unpaired) electrons. The van der Waals surface area contributed by atoms with Crippen LogP contribution in [0.5, 0.6) is 23.0 Å². The monoisotopic (exact) mass is 918 g/mol. The van der Waals surface area contributed by atoms with Crippen molar-refractivity contribution in [3.05, 3.63) is 126 Å². The lowest BCUT2D eigenvalue weighted by atomic mass is 9.50. The lowest BCUT2D eigenvalue weighted by Crippen LogP contribution is -2.58. The summed E-state index contributed by atoms with van der Waals surface area (Å²) in [5.74, 6) is 7.55. The number of benzene rings is 5. The highest BCUT2D eigenvalue weighted by Gasteiger charge is 2.58. The Hall–Kier alpha value is -5.41. The first kappa shape index (κ1) is 42.9. The van der Waals surface area contributed by atoms with E-state index in [2.05, 4.69) is 80.6 Å². The zero-order valence-corrected chi connectivity index (χ0v) is 39.6. The van der Waals surface area contributed by atoms with E-state index in [-0.39, 0.29) is 36.4 Å². The van der Waals surface area contributed by atoms with Crippen molar-refractivity contribution in [1.82, 2.24) is 0 Å². The van der Waals surface area contributed by atoms with Crippen LogP contribution in [0, 0.1) is 47.3 Å². The Bertz CT molecular complexity index is 2420. The molecule has 0 N–H and O–H groups in total. The Kier molecular flexibility index (Phi) is 11.1. The van der Waals surface area contributed by atoms with Gasteiger partial charge in [-0.3, -0.25) is 0 Å². The fraction of sp³-hybridized carbons (Fsp3) is 0.448. The molecular weight excluding hydrogens is 857 g/mol. The van der Waals surface area contributed by atoms with Crippen LogP contribution in [0.15, 0.2) is 130 Å². The predicted molar refractivity (Wildman–Crippen MR) is 258 cm³/mol. The highest BCUT2D eigenvalue weighted by Crippen LogP contribution is 2.64. The molecule has 5 aromatic carbocycles. The molecule has 67 heavy (non-hydrogen) atoms. The Morgan fingerprint density at radius 1 is 0.463 bits per heavy atom. The third-order valence-corrected chi connectivity index (χ3v) is 19.8. The summed E-state index contributed by atoms with van der Waals surface area (Å²) in [6.45, 7) is 4.95. The number of rotatable bonds is 15. The first-order valence-electron chi connectivity index (χ1n) is 24.9. The van der Waals surface area contributed by atoms with Gasteiger partial charge in [-0.05, 0) is 225 Å². The summed E-state index contributed by atoms with van der Waals surface area (Å²) in [6, 6.07) is 39.2. The fourth-order valence-corrected chi connectivity index (χ4v) is 16.7. The quantitative estimate of drug-likeness (QED) is 0.0805. The predicted octanol–water partition coefficient (Wildman–Crippen LogP) is 12.6. The molecule has 8 aliphatic carbocycles. The SMILES string of the molecule is CC1(OC(=O)COc2ccc(COc3ccc4c(c3)-c3cc(OCc5ccc(OCC(=O)OC6(C)C7CC8CC(C7)CC6C8)cc5)ccc3[SH]4c3ccccc3)cc2)C2CC3CC(C2)CC1C3. The smallest absolute Gasteiger partial charge is 0.344 e. The van der Waals surface area contributed by atoms with Crippen molar-refractivity contribution in [2.45, 2.75) is 117 Å². The molecule has 9 aliphatic rings. The Labute approximate surface area is 397 Å². The molecule has 0 amide bonds. The summed E-state index contributed by atoms with van der Waals surface area (Å²) in [5.41, 5.74) is 3.61. The van der Waals surface area contributed by atoms with E-state index in [0.29, 0.717) is 48.4 Å². The first-order valence-corrected chi connectivity index (χ1v) is 26.2. The van der Waals surface area contributed by atoms with E-state index >= 15 is 0 Å². The minimum atomic E-state index is -0.754. The largest absolute Gasteiger partial charge is 0.489 e. The van der Waals surface area contributed by atoms with Crippen molar-refractivity contribution >= 4 is 22.8 Å². The van der Waals surface area contributed by atoms with Gasteiger partial charge in [0.05, 0.1) is 0 Å². The zero-order valence-electron chi connectivity index (χ0n) is 38.7. The molecule has 1 heterocycles. The van der Waals surface area contributed by atoms with Crippen LogP contribution < -0.4 is 18.9 Å². The van der Waals surface area contributed by atoms with Crippen LogP contribution in [0.2, 0.25) is 0 Å². The summed E-state index contributed by atoms with van der Waals surface area (Å²) in [5, 5.41) is 0. The Morgan fingerprint density at radius 3 is 1.22 bits per heavy atom. The summed E-state index contributed by atoms with van der Waals surface area (Å²) >= 11 is 0. The first-order chi connectivity index (χ1) is 32.6. The second-order valence-corrected chi connectivity index (χ2v) is 23.5. The number of thiol groups is 1. The van der Waals surface area contributed by atoms with E-state index in [4.69, 9.17) is 28.4 Å². The number of hydrogen-bond donors (Lipinski definition) is 1. The molecule has 8 saturated carbocycles. The van der Waals surface area contributed by atoms with Gasteiger partial charge in [-0.1, -0.05) is 42.5 Å². The van der Waals surface area contributed by atoms with Crippen molar-refractivity contribution in [3.63, 3.8) is 0 Å². The molecule has 0 unspecified atom stereocenters. The standard InChI is InChI=1S/C58H62O8S/c1-57(42-22-38-20-39(24-42)25-43(57)23-38)65-55(59)34-63-46-12-8-36(9-13-46)32-61-48-16-18-53-51(30-48)52-31-49(17-19-54(52)67(53)50-6-4-3-5-7-50)62-33-37-10-14-47(15-11-37)64-35-56(60)66-58(2)44-26-40-21-41(28-44)29-45(58)27-40/h3-19,30-31,38-45,67H,20-29,32-35H2,1-2H3. The lowest BCUT2D eigenvalue weighted by Gasteiger charge is -2.59. The van der Waals surface area contributed by atoms with Crippen LogP contribution in [0.4, 0.5) is 0 Å². The van der Waals surface area contributed by atoms with Crippen LogP contribution in [0.1, 0.15) is 89.2 Å². The third kappa shape index (κ3) is 8.27. The van der Waals surface area contributed by atoms with E-state index in [1.165, 1.54) is 78.9 Å². The van der Waals surface area contributed by atoms with Crippen molar-refractivity contribution in [2.24, 2.45) is 47.3 Å². The van der Waals surface area contributed by atoms with E-state index in [1.807, 2.05) is 48.5 Å². The summed E-state index contributed by atoms with van der Waals surface area (Å²) in [7, 11) is -0.754. The second-order valence-electron chi connectivity index (χ2n) is 21.4. The number of esters is 2. The maximum atomic E-state index is 13.0. The molecule has 0 spiro atoms. The van der Waals surface area contributed by atoms with Crippen molar-refractivity contribution in [2.75, 3.05) is 13.2 Å². The van der Waals surface area contributed by atoms with Gasteiger partial charge in [0, 0.05) is 9.79 Å². The topological polar surface area (TPSA) is 89.5 Å². The fourth-order valence-electron chi connectivity index (χ4n) is 14.1. The van der Waals surface area contributed by atoms with Crippen molar-refractivity contribution in [1.29, 1.82) is 0 Å². The highest BCUT2D eigenvalue weighted by molar-refractivity contribution is 8.17. The normalized spacial score (nSPS) is 31.7. The van der Waals surface area contributed by atoms with E-state index in [1.54, 1.807) is 0 Å². The maximum absolute atomic E-state index is 13.0. The summed E-state index contributed by atoms with van der Waals surface area (Å²) in [6.07, 6.45) is 12.3. The van der Waals surface area contributed by atoms with Crippen LogP contribution in [0.3, 0.4) is 0 Å². The molecule has 0 saturated heterocycles. The molecule has 5 aromatic rings. The van der Waals surface area contributed by atoms with E-state index in [9.17, 15) is 9.59 Å². The maximum Gasteiger partial charge on any atom is 0.344 e. The molecule has 9 heteroatoms. The van der Waals surface area contributed by atoms with Gasteiger partial charge < -0.3 is 28.4 Å². The van der Waals surface area contributed by atoms with Crippen LogP contribution in [-0.4, -0.2) is 36.4 Å². The van der Waals surface area contributed by atoms with Gasteiger partial charge in [0.2, 0.25) is 0 Å². The lowest BCUT2D eigenvalue weighted by molar-refractivity contribution is -0.205. The minimum Gasteiger partial charge on any atom is -0.489 e. The number of ether oxygens (including phenoxy) is 6. The van der Waals surface area contributed by atoms with Gasteiger partial charge in [-0.25, -0.2) is 9.59 Å². The number of carbonyl (C=O) groups excluding carboxylic acids is 2. The molecule has 8 bridgehead atoms. The third-order valence-electron chi connectivity index (χ3n) is 17.3. The summed E-state index contributed by atoms with van der Waals surface area (Å²) < 4.78 is 37.1. The molecular formula is C58H62O8S. The molecule has 1 aliphatic heterocycles. The van der Waals surface area contributed by atoms with E-state index in [0.717, 1.165) is 57.4 Å². The Morgan fingerprint density at radius 2 is 0.836 bits per heavy atom. The van der Waals surface area contributed by atoms with Crippen molar-refractivity contribution in [3.8, 4) is 34.1 Å². The molecule has 348 valence electrons. The molecule has 0 aromatic heterocycles. The zero-order chi connectivity index (χ0) is 45.3. The number of carbonyl (C=O) groups is 2. The highest BCUT2D eigenvalue weighted by atomic mass is 32.2. The van der Waals surface area contributed by atoms with Gasteiger partial charge in [-0.2, -0.15) is 10.9 Å². The average molecular weight is 919 g/mol. The Balaban J connectivity index is 0.661. The van der Waals surface area contributed by atoms with Crippen LogP contribution >= 0.6 is 10.9 Å². The van der Waals surface area contributed by atoms with Gasteiger partial charge in [0.1, 0.15) is 47.4 Å². The van der Waals surface area contributed by atoms with E-state index < -0.39 is 10.9 Å².